The van der Waals surface area contributed by atoms with Gasteiger partial charge in [-0.3, -0.25) is 9.69 Å². The number of fused-ring (bicyclic) bond motifs is 1. The summed E-state index contributed by atoms with van der Waals surface area (Å²) in [5.74, 6) is 1.45. The summed E-state index contributed by atoms with van der Waals surface area (Å²) in [6.45, 7) is 11.7. The Morgan fingerprint density at radius 1 is 0.969 bits per heavy atom. The van der Waals surface area contributed by atoms with Crippen LogP contribution in [0.5, 0.6) is 11.5 Å². The lowest BCUT2D eigenvalue weighted by molar-refractivity contribution is -0.118. The highest BCUT2D eigenvalue weighted by molar-refractivity contribution is 7.22. The number of carbonyl (C=O) groups is 1. The lowest BCUT2D eigenvalue weighted by Gasteiger charge is -2.25. The molecule has 0 N–H and O–H groups in total. The van der Waals surface area contributed by atoms with Crippen LogP contribution in [0.2, 0.25) is 0 Å². The summed E-state index contributed by atoms with van der Waals surface area (Å²) >= 11 is 1.47. The van der Waals surface area contributed by atoms with Crippen LogP contribution in [0.4, 0.5) is 5.13 Å². The fourth-order valence-electron chi connectivity index (χ4n) is 3.68. The van der Waals surface area contributed by atoms with Crippen molar-refractivity contribution in [3.63, 3.8) is 0 Å². The maximum absolute atomic E-state index is 13.5. The topological polar surface area (TPSA) is 54.9 Å². The van der Waals surface area contributed by atoms with Crippen LogP contribution in [0, 0.1) is 13.8 Å². The number of ether oxygens (including phenoxy) is 2. The van der Waals surface area contributed by atoms with E-state index >= 15 is 0 Å². The first-order valence-corrected chi connectivity index (χ1v) is 11.8. The van der Waals surface area contributed by atoms with E-state index in [9.17, 15) is 4.79 Å². The highest BCUT2D eigenvalue weighted by Gasteiger charge is 2.23. The summed E-state index contributed by atoms with van der Waals surface area (Å²) in [6, 6.07) is 9.93. The van der Waals surface area contributed by atoms with Gasteiger partial charge in [-0.25, -0.2) is 4.98 Å². The third-order valence-electron chi connectivity index (χ3n) is 5.89. The van der Waals surface area contributed by atoms with Crippen molar-refractivity contribution in [3.05, 3.63) is 47.0 Å². The molecule has 0 aliphatic rings. The van der Waals surface area contributed by atoms with Gasteiger partial charge in [0.2, 0.25) is 5.91 Å². The van der Waals surface area contributed by atoms with Crippen LogP contribution in [-0.4, -0.2) is 56.2 Å². The fourth-order valence-corrected chi connectivity index (χ4v) is 4.80. The largest absolute Gasteiger partial charge is 0.495 e. The Kier molecular flexibility index (Phi) is 8.10. The van der Waals surface area contributed by atoms with Gasteiger partial charge in [0.05, 0.1) is 20.6 Å². The summed E-state index contributed by atoms with van der Waals surface area (Å²) in [6.07, 6.45) is 0.337. The van der Waals surface area contributed by atoms with Gasteiger partial charge in [0.1, 0.15) is 21.7 Å². The van der Waals surface area contributed by atoms with E-state index in [1.165, 1.54) is 22.5 Å². The predicted molar refractivity (Wildman–Crippen MR) is 132 cm³/mol. The number of aromatic nitrogens is 1. The quantitative estimate of drug-likeness (QED) is 0.438. The number of carbonyl (C=O) groups excluding carboxylic acids is 1. The van der Waals surface area contributed by atoms with Gasteiger partial charge in [-0.2, -0.15) is 0 Å². The smallest absolute Gasteiger partial charge is 0.233 e. The molecule has 0 aliphatic carbocycles. The molecular weight excluding hydrogens is 422 g/mol. The molecule has 1 heterocycles. The van der Waals surface area contributed by atoms with Crippen LogP contribution in [0.15, 0.2) is 30.3 Å². The molecule has 3 rings (SSSR count). The molecule has 0 fully saturated rings. The second-order valence-corrected chi connectivity index (χ2v) is 8.79. The summed E-state index contributed by atoms with van der Waals surface area (Å²) in [5.41, 5.74) is 4.16. The Balaban J connectivity index is 1.98. The molecule has 0 spiro atoms. The Morgan fingerprint density at radius 2 is 1.66 bits per heavy atom. The first-order valence-electron chi connectivity index (χ1n) is 11.0. The van der Waals surface area contributed by atoms with Crippen LogP contribution in [0.3, 0.4) is 0 Å². The van der Waals surface area contributed by atoms with Crippen molar-refractivity contribution >= 4 is 32.6 Å². The molecule has 1 aromatic heterocycles. The Bertz CT molecular complexity index is 1030. The zero-order valence-corrected chi connectivity index (χ0v) is 20.7. The molecule has 0 aliphatic heterocycles. The van der Waals surface area contributed by atoms with E-state index in [0.717, 1.165) is 41.2 Å². The second kappa shape index (κ2) is 10.8. The molecule has 172 valence electrons. The summed E-state index contributed by atoms with van der Waals surface area (Å²) < 4.78 is 11.9. The van der Waals surface area contributed by atoms with E-state index in [0.29, 0.717) is 23.8 Å². The number of likely N-dealkylation sites (N-methyl/N-ethyl adjacent to an activating group) is 1. The Labute approximate surface area is 194 Å². The number of rotatable bonds is 10. The highest BCUT2D eigenvalue weighted by Crippen LogP contribution is 2.40. The van der Waals surface area contributed by atoms with Gasteiger partial charge < -0.3 is 14.4 Å². The van der Waals surface area contributed by atoms with Crippen LogP contribution >= 0.6 is 11.3 Å². The average Bonchev–Trinajstić information content (AvgIpc) is 3.23. The van der Waals surface area contributed by atoms with Crippen molar-refractivity contribution in [1.82, 2.24) is 9.88 Å². The maximum Gasteiger partial charge on any atom is 0.233 e. The molecule has 0 saturated carbocycles. The normalized spacial score (nSPS) is 11.2. The molecular formula is C25H33N3O3S. The highest BCUT2D eigenvalue weighted by atomic mass is 32.1. The standard InChI is InChI=1S/C25H33N3O3S/c1-7-27(8-2)13-14-28(22(29)16-19-10-9-17(3)18(4)15-19)25-26-23-20(30-5)11-12-21(31-6)24(23)32-25/h9-12,15H,7-8,13-14,16H2,1-6H3. The maximum atomic E-state index is 13.5. The number of benzene rings is 2. The lowest BCUT2D eigenvalue weighted by Crippen LogP contribution is -2.39. The van der Waals surface area contributed by atoms with Crippen molar-refractivity contribution < 1.29 is 14.3 Å². The van der Waals surface area contributed by atoms with Crippen LogP contribution < -0.4 is 14.4 Å². The van der Waals surface area contributed by atoms with Gasteiger partial charge in [-0.15, -0.1) is 0 Å². The van der Waals surface area contributed by atoms with E-state index in [2.05, 4.69) is 44.7 Å². The van der Waals surface area contributed by atoms with E-state index < -0.39 is 0 Å². The monoisotopic (exact) mass is 455 g/mol. The molecule has 0 unspecified atom stereocenters. The number of hydrogen-bond donors (Lipinski definition) is 0. The molecule has 0 bridgehead atoms. The summed E-state index contributed by atoms with van der Waals surface area (Å²) in [4.78, 5) is 22.4. The van der Waals surface area contributed by atoms with E-state index in [-0.39, 0.29) is 5.91 Å². The minimum absolute atomic E-state index is 0.0393. The number of hydrogen-bond acceptors (Lipinski definition) is 6. The van der Waals surface area contributed by atoms with Gasteiger partial charge >= 0.3 is 0 Å². The molecule has 6 nitrogen and oxygen atoms in total. The summed E-state index contributed by atoms with van der Waals surface area (Å²) in [5, 5.41) is 0.670. The molecule has 0 radical (unpaired) electrons. The predicted octanol–water partition coefficient (Wildman–Crippen LogP) is 4.85. The zero-order chi connectivity index (χ0) is 23.3. The van der Waals surface area contributed by atoms with Gasteiger partial charge in [0.15, 0.2) is 5.13 Å². The minimum atomic E-state index is 0.0393. The fraction of sp³-hybridized carbons (Fsp3) is 0.440. The average molecular weight is 456 g/mol. The first-order chi connectivity index (χ1) is 15.4. The molecule has 2 aromatic carbocycles. The van der Waals surface area contributed by atoms with Crippen LogP contribution in [-0.2, 0) is 11.2 Å². The van der Waals surface area contributed by atoms with Gasteiger partial charge in [-0.1, -0.05) is 43.4 Å². The number of nitrogens with zero attached hydrogens (tertiary/aromatic N) is 3. The number of aryl methyl sites for hydroxylation is 2. The second-order valence-electron chi connectivity index (χ2n) is 7.81. The Hall–Kier alpha value is -2.64. The van der Waals surface area contributed by atoms with Crippen LogP contribution in [0.25, 0.3) is 10.2 Å². The molecule has 7 heteroatoms. The molecule has 1 amide bonds. The van der Waals surface area contributed by atoms with Crippen molar-refractivity contribution in [1.29, 1.82) is 0 Å². The summed E-state index contributed by atoms with van der Waals surface area (Å²) in [7, 11) is 3.27. The number of anilines is 1. The van der Waals surface area contributed by atoms with Gasteiger partial charge in [-0.05, 0) is 55.8 Å². The number of thiazole rings is 1. The van der Waals surface area contributed by atoms with E-state index in [4.69, 9.17) is 14.5 Å². The lowest BCUT2D eigenvalue weighted by atomic mass is 10.0. The molecule has 3 aromatic rings. The molecule has 0 saturated heterocycles. The van der Waals surface area contributed by atoms with E-state index in [1.54, 1.807) is 14.2 Å². The molecule has 0 atom stereocenters. The van der Waals surface area contributed by atoms with Crippen molar-refractivity contribution in [2.24, 2.45) is 0 Å². The van der Waals surface area contributed by atoms with Gasteiger partial charge in [0, 0.05) is 13.1 Å². The van der Waals surface area contributed by atoms with Crippen molar-refractivity contribution in [3.8, 4) is 11.5 Å². The third kappa shape index (κ3) is 5.22. The van der Waals surface area contributed by atoms with Gasteiger partial charge in [0.25, 0.3) is 0 Å². The number of methoxy groups -OCH3 is 2. The van der Waals surface area contributed by atoms with E-state index in [1.807, 2.05) is 23.1 Å². The molecule has 32 heavy (non-hydrogen) atoms. The van der Waals surface area contributed by atoms with Crippen molar-refractivity contribution in [2.75, 3.05) is 45.3 Å². The minimum Gasteiger partial charge on any atom is -0.495 e. The van der Waals surface area contributed by atoms with Crippen molar-refractivity contribution in [2.45, 2.75) is 34.1 Å². The first kappa shape index (κ1) is 24.0. The SMILES string of the molecule is CCN(CC)CCN(C(=O)Cc1ccc(C)c(C)c1)c1nc2c(OC)ccc(OC)c2s1. The zero-order valence-electron chi connectivity index (χ0n) is 19.9. The van der Waals surface area contributed by atoms with Crippen LogP contribution in [0.1, 0.15) is 30.5 Å². The number of amides is 1. The Morgan fingerprint density at radius 3 is 2.28 bits per heavy atom. The third-order valence-corrected chi connectivity index (χ3v) is 6.98.